The molecule has 3 unspecified atom stereocenters. The minimum atomic E-state index is -1.22. The average molecular weight is 607 g/mol. The first-order valence-corrected chi connectivity index (χ1v) is 15.0. The predicted molar refractivity (Wildman–Crippen MR) is 164 cm³/mol. The third kappa shape index (κ3) is 6.87. The fraction of sp³-hybridized carbons (Fsp3) is 0.485. The van der Waals surface area contributed by atoms with Crippen LogP contribution in [-0.2, 0) is 23.9 Å². The molecule has 3 atom stereocenters. The summed E-state index contributed by atoms with van der Waals surface area (Å²) < 4.78 is 5.61. The lowest BCUT2D eigenvalue weighted by molar-refractivity contribution is -0.154. The van der Waals surface area contributed by atoms with Crippen molar-refractivity contribution in [1.29, 1.82) is 0 Å². The Bertz CT molecular complexity index is 1360. The molecule has 1 saturated carbocycles. The van der Waals surface area contributed by atoms with Gasteiger partial charge in [-0.15, -0.1) is 0 Å². The largest absolute Gasteiger partial charge is 0.481 e. The molecule has 0 aliphatic heterocycles. The number of carbonyl (C=O) groups excluding carboxylic acids is 4. The fourth-order valence-corrected chi connectivity index (χ4v) is 6.49. The number of carboxylic acid groups (broad SMARTS) is 1. The molecule has 0 heterocycles. The van der Waals surface area contributed by atoms with E-state index in [9.17, 15) is 29.1 Å². The first-order chi connectivity index (χ1) is 20.9. The summed E-state index contributed by atoms with van der Waals surface area (Å²) in [5.74, 6) is -3.04. The topological polar surface area (TPSA) is 137 Å². The van der Waals surface area contributed by atoms with Crippen molar-refractivity contribution in [3.05, 3.63) is 59.7 Å². The molecule has 0 radical (unpaired) electrons. The van der Waals surface area contributed by atoms with Gasteiger partial charge in [-0.25, -0.2) is 4.79 Å². The van der Waals surface area contributed by atoms with E-state index in [1.807, 2.05) is 48.5 Å². The molecule has 2 aliphatic carbocycles. The highest BCUT2D eigenvalue weighted by molar-refractivity contribution is 5.95. The molecule has 0 spiro atoms. The fourth-order valence-electron chi connectivity index (χ4n) is 6.49. The standard InChI is InChI=1S/C33H42N4O7/c1-20(34-33(43)44-19-26-24-16-10-8-14-22(24)23-15-9-11-17-25(23)26)30(40)37(5)29(21-12-6-7-13-21)32(42)36(4)27(18-28(38)39)31(41)35(2)3/h8-11,14-17,20-21,26-27,29H,6-7,12-13,18-19H2,1-5H3,(H,34,43)(H,38,39). The number of alkyl carbamates (subject to hydrolysis) is 1. The highest BCUT2D eigenvalue weighted by Crippen LogP contribution is 2.44. The summed E-state index contributed by atoms with van der Waals surface area (Å²) in [6.45, 7) is 1.62. The number of aliphatic carboxylic acids is 1. The summed E-state index contributed by atoms with van der Waals surface area (Å²) in [5.41, 5.74) is 4.35. The van der Waals surface area contributed by atoms with Crippen molar-refractivity contribution < 1.29 is 33.8 Å². The molecule has 1 fully saturated rings. The average Bonchev–Trinajstić information content (AvgIpc) is 3.64. The first kappa shape index (κ1) is 32.5. The SMILES string of the molecule is CC(NC(=O)OCC1c2ccccc2-c2ccccc21)C(=O)N(C)C(C(=O)N(C)C(CC(=O)O)C(=O)N(C)C)C1CCCC1. The maximum absolute atomic E-state index is 13.9. The van der Waals surface area contributed by atoms with Crippen molar-refractivity contribution in [3.63, 3.8) is 0 Å². The summed E-state index contributed by atoms with van der Waals surface area (Å²) in [6.07, 6.45) is 1.89. The molecule has 0 saturated heterocycles. The highest BCUT2D eigenvalue weighted by Gasteiger charge is 2.42. The zero-order chi connectivity index (χ0) is 32.1. The Morgan fingerprint density at radius 3 is 1.91 bits per heavy atom. The van der Waals surface area contributed by atoms with Crippen LogP contribution in [0.5, 0.6) is 0 Å². The lowest BCUT2D eigenvalue weighted by Crippen LogP contribution is -2.59. The van der Waals surface area contributed by atoms with Crippen LogP contribution in [0.4, 0.5) is 4.79 Å². The van der Waals surface area contributed by atoms with Gasteiger partial charge in [0.2, 0.25) is 17.7 Å². The number of carboxylic acids is 1. The zero-order valence-electron chi connectivity index (χ0n) is 26.0. The van der Waals surface area contributed by atoms with E-state index in [1.165, 1.54) is 44.9 Å². The van der Waals surface area contributed by atoms with Gasteiger partial charge < -0.3 is 29.9 Å². The number of carbonyl (C=O) groups is 5. The second kappa shape index (κ2) is 13.9. The van der Waals surface area contributed by atoms with Crippen LogP contribution in [0.3, 0.4) is 0 Å². The van der Waals surface area contributed by atoms with Gasteiger partial charge in [0.1, 0.15) is 24.7 Å². The van der Waals surface area contributed by atoms with Crippen molar-refractivity contribution in [1.82, 2.24) is 20.0 Å². The molecule has 4 amide bonds. The van der Waals surface area contributed by atoms with E-state index in [4.69, 9.17) is 4.74 Å². The van der Waals surface area contributed by atoms with Crippen LogP contribution in [0.2, 0.25) is 0 Å². The van der Waals surface area contributed by atoms with Crippen molar-refractivity contribution in [2.45, 2.75) is 63.1 Å². The molecule has 0 bridgehead atoms. The minimum absolute atomic E-state index is 0.0927. The van der Waals surface area contributed by atoms with Crippen LogP contribution in [0.25, 0.3) is 11.1 Å². The van der Waals surface area contributed by atoms with E-state index >= 15 is 0 Å². The summed E-state index contributed by atoms with van der Waals surface area (Å²) in [4.78, 5) is 68.5. The van der Waals surface area contributed by atoms with Gasteiger partial charge in [-0.05, 0) is 47.9 Å². The quantitative estimate of drug-likeness (QED) is 0.401. The van der Waals surface area contributed by atoms with Gasteiger partial charge >= 0.3 is 12.1 Å². The molecule has 0 aromatic heterocycles. The molecular formula is C33H42N4O7. The van der Waals surface area contributed by atoms with Crippen molar-refractivity contribution in [2.24, 2.45) is 5.92 Å². The van der Waals surface area contributed by atoms with Crippen molar-refractivity contribution >= 4 is 29.8 Å². The van der Waals surface area contributed by atoms with Gasteiger partial charge in [0, 0.05) is 34.1 Å². The van der Waals surface area contributed by atoms with Crippen LogP contribution in [-0.4, -0.2) is 103 Å². The minimum Gasteiger partial charge on any atom is -0.481 e. The Morgan fingerprint density at radius 1 is 0.841 bits per heavy atom. The van der Waals surface area contributed by atoms with Gasteiger partial charge in [-0.3, -0.25) is 19.2 Å². The molecule has 44 heavy (non-hydrogen) atoms. The van der Waals surface area contributed by atoms with E-state index in [-0.39, 0.29) is 18.4 Å². The molecule has 2 N–H and O–H groups in total. The number of likely N-dealkylation sites (N-methyl/N-ethyl adjacent to an activating group) is 3. The van der Waals surface area contributed by atoms with Gasteiger partial charge in [0.05, 0.1) is 6.42 Å². The number of nitrogens with one attached hydrogen (secondary N) is 1. The molecule has 11 heteroatoms. The molecule has 11 nitrogen and oxygen atoms in total. The number of amides is 4. The number of benzene rings is 2. The smallest absolute Gasteiger partial charge is 0.407 e. The van der Waals surface area contributed by atoms with Crippen LogP contribution >= 0.6 is 0 Å². The maximum atomic E-state index is 13.9. The molecule has 2 aromatic carbocycles. The van der Waals surface area contributed by atoms with E-state index in [1.54, 1.807) is 0 Å². The van der Waals surface area contributed by atoms with Crippen LogP contribution < -0.4 is 5.32 Å². The monoisotopic (exact) mass is 606 g/mol. The molecule has 236 valence electrons. The summed E-state index contributed by atoms with van der Waals surface area (Å²) in [6, 6.07) is 12.8. The second-order valence-corrected chi connectivity index (χ2v) is 11.9. The Morgan fingerprint density at radius 2 is 1.39 bits per heavy atom. The van der Waals surface area contributed by atoms with Gasteiger partial charge in [0.15, 0.2) is 0 Å². The molecular weight excluding hydrogens is 564 g/mol. The number of nitrogens with zero attached hydrogens (tertiary/aromatic N) is 3. The first-order valence-electron chi connectivity index (χ1n) is 15.0. The number of hydrogen-bond acceptors (Lipinski definition) is 6. The second-order valence-electron chi connectivity index (χ2n) is 11.9. The third-order valence-electron chi connectivity index (χ3n) is 8.82. The van der Waals surface area contributed by atoms with Gasteiger partial charge in [-0.2, -0.15) is 0 Å². The Labute approximate surface area is 258 Å². The molecule has 4 rings (SSSR count). The lowest BCUT2D eigenvalue weighted by atomic mass is 9.94. The Hall–Kier alpha value is -4.41. The van der Waals surface area contributed by atoms with E-state index < -0.39 is 54.3 Å². The van der Waals surface area contributed by atoms with Crippen molar-refractivity contribution in [3.8, 4) is 11.1 Å². The van der Waals surface area contributed by atoms with Gasteiger partial charge in [0.25, 0.3) is 0 Å². The predicted octanol–water partition coefficient (Wildman–Crippen LogP) is 3.32. The Balaban J connectivity index is 1.44. The van der Waals surface area contributed by atoms with Gasteiger partial charge in [-0.1, -0.05) is 61.4 Å². The van der Waals surface area contributed by atoms with E-state index in [2.05, 4.69) is 5.32 Å². The maximum Gasteiger partial charge on any atom is 0.407 e. The molecule has 2 aromatic rings. The van der Waals surface area contributed by atoms with E-state index in [0.29, 0.717) is 12.8 Å². The van der Waals surface area contributed by atoms with Crippen LogP contribution in [0.15, 0.2) is 48.5 Å². The van der Waals surface area contributed by atoms with E-state index in [0.717, 1.165) is 40.0 Å². The molecule has 2 aliphatic rings. The number of rotatable bonds is 11. The third-order valence-corrected chi connectivity index (χ3v) is 8.82. The zero-order valence-corrected chi connectivity index (χ0v) is 26.0. The number of hydrogen-bond donors (Lipinski definition) is 2. The summed E-state index contributed by atoms with van der Waals surface area (Å²) in [7, 11) is 5.90. The normalized spacial score (nSPS) is 16.2. The highest BCUT2D eigenvalue weighted by atomic mass is 16.5. The van der Waals surface area contributed by atoms with Crippen molar-refractivity contribution in [2.75, 3.05) is 34.8 Å². The number of ether oxygens (including phenoxy) is 1. The number of fused-ring (bicyclic) bond motifs is 3. The lowest BCUT2D eigenvalue weighted by Gasteiger charge is -2.38. The van der Waals surface area contributed by atoms with Crippen LogP contribution in [0, 0.1) is 5.92 Å². The summed E-state index contributed by atoms with van der Waals surface area (Å²) >= 11 is 0. The van der Waals surface area contributed by atoms with Crippen LogP contribution in [0.1, 0.15) is 56.1 Å². The summed E-state index contributed by atoms with van der Waals surface area (Å²) in [5, 5.41) is 12.0. The Kier molecular flexibility index (Phi) is 10.3.